The number of aromatic nitrogens is 2. The van der Waals surface area contributed by atoms with E-state index in [0.29, 0.717) is 5.82 Å². The van der Waals surface area contributed by atoms with Crippen molar-refractivity contribution in [2.75, 3.05) is 32.5 Å². The summed E-state index contributed by atoms with van der Waals surface area (Å²) in [5, 5.41) is 0. The number of hydrogen-bond acceptors (Lipinski definition) is 5. The van der Waals surface area contributed by atoms with E-state index in [2.05, 4.69) is 21.9 Å². The summed E-state index contributed by atoms with van der Waals surface area (Å²) in [6, 6.07) is 0. The molecule has 2 rings (SSSR count). The van der Waals surface area contributed by atoms with E-state index in [1.165, 1.54) is 0 Å². The Balaban J connectivity index is 1.79. The Morgan fingerprint density at radius 2 is 2.12 bits per heavy atom. The van der Waals surface area contributed by atoms with Gasteiger partial charge in [0.05, 0.1) is 18.1 Å². The van der Waals surface area contributed by atoms with Gasteiger partial charge >= 0.3 is 0 Å². The van der Waals surface area contributed by atoms with Crippen molar-refractivity contribution in [3.05, 3.63) is 18.1 Å². The molecule has 0 aromatic carbocycles. The Kier molecular flexibility index (Phi) is 4.28. The molecule has 1 saturated heterocycles. The summed E-state index contributed by atoms with van der Waals surface area (Å²) >= 11 is 0. The van der Waals surface area contributed by atoms with Crippen LogP contribution < -0.4 is 5.73 Å². The number of nitrogens with two attached hydrogens (primary N) is 1. The molecule has 0 aliphatic carbocycles. The zero-order valence-corrected chi connectivity index (χ0v) is 10.3. The lowest BCUT2D eigenvalue weighted by molar-refractivity contribution is 0.0548. The first-order chi connectivity index (χ1) is 8.24. The Bertz CT molecular complexity index is 335. The molecule has 17 heavy (non-hydrogen) atoms. The molecule has 1 aliphatic heterocycles. The van der Waals surface area contributed by atoms with Crippen LogP contribution in [0, 0.1) is 5.92 Å². The molecule has 1 aromatic heterocycles. The van der Waals surface area contributed by atoms with Crippen LogP contribution in [0.4, 0.5) is 5.82 Å². The van der Waals surface area contributed by atoms with Crippen LogP contribution in [-0.2, 0) is 11.3 Å². The number of anilines is 1. The normalized spacial score (nSPS) is 17.5. The van der Waals surface area contributed by atoms with E-state index < -0.39 is 0 Å². The monoisotopic (exact) mass is 236 g/mol. The molecule has 0 unspecified atom stereocenters. The molecule has 1 aromatic rings. The molecule has 1 fully saturated rings. The fourth-order valence-electron chi connectivity index (χ4n) is 2.16. The van der Waals surface area contributed by atoms with Gasteiger partial charge in [-0.05, 0) is 25.8 Å². The number of hydrogen-bond donors (Lipinski definition) is 1. The molecule has 5 nitrogen and oxygen atoms in total. The lowest BCUT2D eigenvalue weighted by atomic mass is 10.00. The Morgan fingerprint density at radius 1 is 1.35 bits per heavy atom. The van der Waals surface area contributed by atoms with Crippen molar-refractivity contribution in [3.63, 3.8) is 0 Å². The number of nitrogen functional groups attached to an aromatic ring is 1. The van der Waals surface area contributed by atoms with Gasteiger partial charge in [0.1, 0.15) is 5.82 Å². The van der Waals surface area contributed by atoms with E-state index in [0.717, 1.165) is 50.8 Å². The van der Waals surface area contributed by atoms with Crippen molar-refractivity contribution in [3.8, 4) is 0 Å². The molecule has 2 N–H and O–H groups in total. The molecular weight excluding hydrogens is 216 g/mol. The minimum Gasteiger partial charge on any atom is -0.382 e. The lowest BCUT2D eigenvalue weighted by Gasteiger charge is -2.26. The van der Waals surface area contributed by atoms with Gasteiger partial charge in [0, 0.05) is 26.3 Å². The summed E-state index contributed by atoms with van der Waals surface area (Å²) in [6.07, 6.45) is 5.68. The molecule has 0 saturated carbocycles. The zero-order valence-electron chi connectivity index (χ0n) is 10.3. The van der Waals surface area contributed by atoms with Crippen LogP contribution >= 0.6 is 0 Å². The van der Waals surface area contributed by atoms with Gasteiger partial charge in [-0.2, -0.15) is 0 Å². The fourth-order valence-corrected chi connectivity index (χ4v) is 2.16. The SMILES string of the molecule is CN(Cc1cnc(N)cn1)CC1CCOCC1. The average Bonchev–Trinajstić information content (AvgIpc) is 2.33. The smallest absolute Gasteiger partial charge is 0.141 e. The highest BCUT2D eigenvalue weighted by Crippen LogP contribution is 2.16. The van der Waals surface area contributed by atoms with E-state index in [4.69, 9.17) is 10.5 Å². The van der Waals surface area contributed by atoms with Gasteiger partial charge in [-0.1, -0.05) is 0 Å². The van der Waals surface area contributed by atoms with Crippen LogP contribution in [-0.4, -0.2) is 41.7 Å². The maximum Gasteiger partial charge on any atom is 0.141 e. The van der Waals surface area contributed by atoms with Gasteiger partial charge in [-0.25, -0.2) is 4.98 Å². The minimum absolute atomic E-state index is 0.473. The highest BCUT2D eigenvalue weighted by Gasteiger charge is 2.15. The van der Waals surface area contributed by atoms with Gasteiger partial charge in [0.15, 0.2) is 0 Å². The highest BCUT2D eigenvalue weighted by molar-refractivity contribution is 5.22. The van der Waals surface area contributed by atoms with Crippen molar-refractivity contribution in [1.82, 2.24) is 14.9 Å². The first-order valence-electron chi connectivity index (χ1n) is 6.06. The third-order valence-corrected chi connectivity index (χ3v) is 3.07. The number of rotatable bonds is 4. The van der Waals surface area contributed by atoms with E-state index in [9.17, 15) is 0 Å². The molecule has 0 bridgehead atoms. The second-order valence-electron chi connectivity index (χ2n) is 4.69. The van der Waals surface area contributed by atoms with Gasteiger partial charge in [-0.15, -0.1) is 0 Å². The van der Waals surface area contributed by atoms with Crippen molar-refractivity contribution in [2.45, 2.75) is 19.4 Å². The van der Waals surface area contributed by atoms with Gasteiger partial charge in [-0.3, -0.25) is 4.98 Å². The van der Waals surface area contributed by atoms with Crippen molar-refractivity contribution < 1.29 is 4.74 Å². The molecule has 0 radical (unpaired) electrons. The third-order valence-electron chi connectivity index (χ3n) is 3.07. The molecule has 5 heteroatoms. The molecular formula is C12H20N4O. The molecule has 1 aliphatic rings. The summed E-state index contributed by atoms with van der Waals surface area (Å²) in [6.45, 7) is 3.72. The molecule has 2 heterocycles. The van der Waals surface area contributed by atoms with Gasteiger partial charge in [0.25, 0.3) is 0 Å². The lowest BCUT2D eigenvalue weighted by Crippen LogP contribution is -2.29. The topological polar surface area (TPSA) is 64.3 Å². The first-order valence-corrected chi connectivity index (χ1v) is 6.06. The second kappa shape index (κ2) is 5.93. The largest absolute Gasteiger partial charge is 0.382 e. The maximum atomic E-state index is 5.51. The quantitative estimate of drug-likeness (QED) is 0.842. The van der Waals surface area contributed by atoms with Crippen molar-refractivity contribution >= 4 is 5.82 Å². The Hall–Kier alpha value is -1.20. The first kappa shape index (κ1) is 12.3. The molecule has 94 valence electrons. The molecule has 0 amide bonds. The maximum absolute atomic E-state index is 5.51. The zero-order chi connectivity index (χ0) is 12.1. The van der Waals surface area contributed by atoms with E-state index in [-0.39, 0.29) is 0 Å². The number of nitrogens with zero attached hydrogens (tertiary/aromatic N) is 3. The second-order valence-corrected chi connectivity index (χ2v) is 4.69. The standard InChI is InChI=1S/C12H20N4O/c1-16(8-10-2-4-17-5-3-10)9-11-6-15-12(13)7-14-11/h6-7,10H,2-5,8-9H2,1H3,(H2,13,15). The summed E-state index contributed by atoms with van der Waals surface area (Å²) in [5.41, 5.74) is 6.47. The van der Waals surface area contributed by atoms with Crippen LogP contribution in [0.25, 0.3) is 0 Å². The van der Waals surface area contributed by atoms with E-state index >= 15 is 0 Å². The van der Waals surface area contributed by atoms with Crippen LogP contribution in [0.2, 0.25) is 0 Å². The third kappa shape index (κ3) is 3.94. The van der Waals surface area contributed by atoms with E-state index in [1.807, 2.05) is 0 Å². The summed E-state index contributed by atoms with van der Waals surface area (Å²) in [7, 11) is 2.12. The van der Waals surface area contributed by atoms with Gasteiger partial charge < -0.3 is 15.4 Å². The summed E-state index contributed by atoms with van der Waals surface area (Å²) in [4.78, 5) is 10.6. The summed E-state index contributed by atoms with van der Waals surface area (Å²) < 4.78 is 5.36. The Labute approximate surface area is 102 Å². The average molecular weight is 236 g/mol. The fraction of sp³-hybridized carbons (Fsp3) is 0.667. The minimum atomic E-state index is 0.473. The van der Waals surface area contributed by atoms with E-state index in [1.54, 1.807) is 12.4 Å². The number of ether oxygens (including phenoxy) is 1. The predicted octanol–water partition coefficient (Wildman–Crippen LogP) is 0.917. The summed E-state index contributed by atoms with van der Waals surface area (Å²) in [5.74, 6) is 1.22. The van der Waals surface area contributed by atoms with Crippen LogP contribution in [0.3, 0.4) is 0 Å². The van der Waals surface area contributed by atoms with Gasteiger partial charge in [0.2, 0.25) is 0 Å². The van der Waals surface area contributed by atoms with Crippen LogP contribution in [0.1, 0.15) is 18.5 Å². The van der Waals surface area contributed by atoms with Crippen molar-refractivity contribution in [2.24, 2.45) is 5.92 Å². The Morgan fingerprint density at radius 3 is 2.76 bits per heavy atom. The van der Waals surface area contributed by atoms with Crippen LogP contribution in [0.15, 0.2) is 12.4 Å². The highest BCUT2D eigenvalue weighted by atomic mass is 16.5. The molecule has 0 spiro atoms. The van der Waals surface area contributed by atoms with Crippen molar-refractivity contribution in [1.29, 1.82) is 0 Å². The molecule has 0 atom stereocenters. The van der Waals surface area contributed by atoms with Crippen LogP contribution in [0.5, 0.6) is 0 Å². The predicted molar refractivity (Wildman–Crippen MR) is 66.3 cm³/mol.